The van der Waals surface area contributed by atoms with Crippen molar-refractivity contribution in [3.63, 3.8) is 0 Å². The molecule has 1 aromatic rings. The van der Waals surface area contributed by atoms with E-state index in [1.54, 1.807) is 0 Å². The van der Waals surface area contributed by atoms with Gasteiger partial charge in [0.25, 0.3) is 0 Å². The van der Waals surface area contributed by atoms with E-state index in [9.17, 15) is 5.11 Å². The van der Waals surface area contributed by atoms with Crippen LogP contribution in [0.25, 0.3) is 0 Å². The summed E-state index contributed by atoms with van der Waals surface area (Å²) in [5.41, 5.74) is 2.60. The lowest BCUT2D eigenvalue weighted by molar-refractivity contribution is 0.0792. The van der Waals surface area contributed by atoms with Crippen LogP contribution in [0.15, 0.2) is 29.3 Å². The maximum absolute atomic E-state index is 9.60. The van der Waals surface area contributed by atoms with Crippen LogP contribution in [0.2, 0.25) is 0 Å². The number of aliphatic imine (C=N–C) groups is 1. The molecule has 1 aromatic carbocycles. The molecule has 0 unspecified atom stereocenters. The lowest BCUT2D eigenvalue weighted by Gasteiger charge is -2.29. The summed E-state index contributed by atoms with van der Waals surface area (Å²) in [5, 5.41) is 16.4. The van der Waals surface area contributed by atoms with Crippen LogP contribution in [0.3, 0.4) is 0 Å². The molecule has 1 heterocycles. The average Bonchev–Trinajstić information content (AvgIpc) is 2.67. The van der Waals surface area contributed by atoms with Crippen LogP contribution in [0.1, 0.15) is 56.6 Å². The number of likely N-dealkylation sites (tertiary alicyclic amines) is 1. The summed E-state index contributed by atoms with van der Waals surface area (Å²) < 4.78 is 0. The van der Waals surface area contributed by atoms with Crippen molar-refractivity contribution in [3.8, 4) is 0 Å². The number of aliphatic hydroxyl groups is 1. The summed E-state index contributed by atoms with van der Waals surface area (Å²) in [5.74, 6) is 0.873. The molecule has 1 fully saturated rings. The summed E-state index contributed by atoms with van der Waals surface area (Å²) in [4.78, 5) is 6.71. The van der Waals surface area contributed by atoms with E-state index in [2.05, 4.69) is 51.7 Å². The number of hydrogen-bond acceptors (Lipinski definition) is 3. The molecule has 0 aromatic heterocycles. The molecule has 0 spiro atoms. The molecular weight excluding hydrogens is 324 g/mol. The second kappa shape index (κ2) is 11.9. The lowest BCUT2D eigenvalue weighted by atomic mass is 10.1. The highest BCUT2D eigenvalue weighted by atomic mass is 16.3. The zero-order chi connectivity index (χ0) is 18.6. The third kappa shape index (κ3) is 7.75. The molecule has 26 heavy (non-hydrogen) atoms. The van der Waals surface area contributed by atoms with Gasteiger partial charge >= 0.3 is 0 Å². The van der Waals surface area contributed by atoms with Crippen molar-refractivity contribution in [2.75, 3.05) is 26.7 Å². The van der Waals surface area contributed by atoms with Crippen LogP contribution in [0.4, 0.5) is 0 Å². The SMILES string of the molecule is CCCCCCNC(=NC)NCc1ccc(CN2CCC(O)CC2)cc1. The molecule has 0 amide bonds. The Morgan fingerprint density at radius 3 is 2.42 bits per heavy atom. The van der Waals surface area contributed by atoms with Crippen molar-refractivity contribution in [1.82, 2.24) is 15.5 Å². The first-order valence-corrected chi connectivity index (χ1v) is 10.1. The van der Waals surface area contributed by atoms with E-state index >= 15 is 0 Å². The van der Waals surface area contributed by atoms with Gasteiger partial charge in [-0.05, 0) is 30.4 Å². The highest BCUT2D eigenvalue weighted by Gasteiger charge is 2.16. The van der Waals surface area contributed by atoms with Crippen LogP contribution in [0.5, 0.6) is 0 Å². The maximum Gasteiger partial charge on any atom is 0.191 e. The molecular formula is C21H36N4O. The summed E-state index contributed by atoms with van der Waals surface area (Å²) in [6, 6.07) is 8.80. The van der Waals surface area contributed by atoms with Gasteiger partial charge in [-0.2, -0.15) is 0 Å². The van der Waals surface area contributed by atoms with E-state index in [-0.39, 0.29) is 6.10 Å². The Labute approximate surface area is 158 Å². The number of rotatable bonds is 9. The van der Waals surface area contributed by atoms with Gasteiger partial charge in [0.15, 0.2) is 5.96 Å². The fourth-order valence-electron chi connectivity index (χ4n) is 3.26. The van der Waals surface area contributed by atoms with Crippen LogP contribution >= 0.6 is 0 Å². The first-order chi connectivity index (χ1) is 12.7. The Morgan fingerprint density at radius 1 is 1.08 bits per heavy atom. The third-order valence-corrected chi connectivity index (χ3v) is 4.99. The van der Waals surface area contributed by atoms with Crippen molar-refractivity contribution < 1.29 is 5.11 Å². The lowest BCUT2D eigenvalue weighted by Crippen LogP contribution is -2.37. The van der Waals surface area contributed by atoms with Gasteiger partial charge in [0.2, 0.25) is 0 Å². The smallest absolute Gasteiger partial charge is 0.191 e. The van der Waals surface area contributed by atoms with Crippen molar-refractivity contribution in [1.29, 1.82) is 0 Å². The van der Waals surface area contributed by atoms with E-state index in [0.717, 1.165) is 51.5 Å². The Morgan fingerprint density at radius 2 is 1.77 bits per heavy atom. The van der Waals surface area contributed by atoms with E-state index in [1.807, 2.05) is 7.05 Å². The number of hydrogen-bond donors (Lipinski definition) is 3. The van der Waals surface area contributed by atoms with Crippen molar-refractivity contribution in [2.45, 2.75) is 64.6 Å². The molecule has 0 atom stereocenters. The van der Waals surface area contributed by atoms with Gasteiger partial charge in [-0.15, -0.1) is 0 Å². The van der Waals surface area contributed by atoms with Gasteiger partial charge in [0, 0.05) is 39.8 Å². The molecule has 0 aliphatic carbocycles. The van der Waals surface area contributed by atoms with E-state index in [1.165, 1.54) is 36.8 Å². The quantitative estimate of drug-likeness (QED) is 0.360. The molecule has 2 rings (SSSR count). The van der Waals surface area contributed by atoms with E-state index in [4.69, 9.17) is 0 Å². The van der Waals surface area contributed by atoms with Gasteiger partial charge in [0.1, 0.15) is 0 Å². The van der Waals surface area contributed by atoms with Crippen molar-refractivity contribution in [3.05, 3.63) is 35.4 Å². The summed E-state index contributed by atoms with van der Waals surface area (Å²) >= 11 is 0. The number of nitrogens with zero attached hydrogens (tertiary/aromatic N) is 2. The molecule has 5 heteroatoms. The van der Waals surface area contributed by atoms with Gasteiger partial charge in [-0.25, -0.2) is 0 Å². The highest BCUT2D eigenvalue weighted by Crippen LogP contribution is 2.14. The summed E-state index contributed by atoms with van der Waals surface area (Å²) in [6.45, 7) is 6.95. The number of benzene rings is 1. The predicted octanol–water partition coefficient (Wildman–Crippen LogP) is 2.89. The van der Waals surface area contributed by atoms with Crippen LogP contribution in [-0.2, 0) is 13.1 Å². The summed E-state index contributed by atoms with van der Waals surface area (Å²) in [6.07, 6.45) is 6.73. The fourth-order valence-corrected chi connectivity index (χ4v) is 3.26. The third-order valence-electron chi connectivity index (χ3n) is 4.99. The van der Waals surface area contributed by atoms with Crippen molar-refractivity contribution >= 4 is 5.96 Å². The van der Waals surface area contributed by atoms with E-state index in [0.29, 0.717) is 0 Å². The van der Waals surface area contributed by atoms with Gasteiger partial charge in [-0.1, -0.05) is 50.5 Å². The topological polar surface area (TPSA) is 59.9 Å². The molecule has 1 aliphatic rings. The van der Waals surface area contributed by atoms with Crippen molar-refractivity contribution in [2.24, 2.45) is 4.99 Å². The molecule has 0 saturated carbocycles. The van der Waals surface area contributed by atoms with Crippen LogP contribution in [0, 0.1) is 0 Å². The number of guanidine groups is 1. The summed E-state index contributed by atoms with van der Waals surface area (Å²) in [7, 11) is 1.82. The Hall–Kier alpha value is -1.59. The van der Waals surface area contributed by atoms with Gasteiger partial charge in [0.05, 0.1) is 6.10 Å². The Kier molecular flexibility index (Phi) is 9.50. The minimum absolute atomic E-state index is 0.102. The minimum Gasteiger partial charge on any atom is -0.393 e. The molecule has 0 bridgehead atoms. The second-order valence-electron chi connectivity index (χ2n) is 7.24. The van der Waals surface area contributed by atoms with Gasteiger partial charge in [-0.3, -0.25) is 9.89 Å². The number of piperidine rings is 1. The van der Waals surface area contributed by atoms with E-state index < -0.39 is 0 Å². The van der Waals surface area contributed by atoms with Crippen LogP contribution < -0.4 is 10.6 Å². The molecule has 3 N–H and O–H groups in total. The maximum atomic E-state index is 9.60. The number of unbranched alkanes of at least 4 members (excludes halogenated alkanes) is 3. The molecule has 1 aliphatic heterocycles. The number of nitrogens with one attached hydrogen (secondary N) is 2. The average molecular weight is 361 g/mol. The highest BCUT2D eigenvalue weighted by molar-refractivity contribution is 5.79. The Bertz CT molecular complexity index is 521. The van der Waals surface area contributed by atoms with Crippen LogP contribution in [-0.4, -0.2) is 48.8 Å². The first kappa shape index (κ1) is 20.7. The Balaban J connectivity index is 1.69. The largest absolute Gasteiger partial charge is 0.393 e. The zero-order valence-electron chi connectivity index (χ0n) is 16.5. The fraction of sp³-hybridized carbons (Fsp3) is 0.667. The molecule has 1 saturated heterocycles. The standard InChI is InChI=1S/C21H36N4O/c1-3-4-5-6-13-23-21(22-2)24-16-18-7-9-19(10-8-18)17-25-14-11-20(26)12-15-25/h7-10,20,26H,3-6,11-17H2,1-2H3,(H2,22,23,24). The minimum atomic E-state index is -0.102. The molecule has 146 valence electrons. The zero-order valence-corrected chi connectivity index (χ0v) is 16.5. The molecule has 5 nitrogen and oxygen atoms in total. The van der Waals surface area contributed by atoms with Gasteiger partial charge < -0.3 is 15.7 Å². The first-order valence-electron chi connectivity index (χ1n) is 10.1. The number of aliphatic hydroxyl groups excluding tert-OH is 1. The monoisotopic (exact) mass is 360 g/mol. The predicted molar refractivity (Wildman–Crippen MR) is 109 cm³/mol. The molecule has 0 radical (unpaired) electrons. The normalized spacial score (nSPS) is 16.7. The second-order valence-corrected chi connectivity index (χ2v) is 7.24.